The van der Waals surface area contributed by atoms with Crippen LogP contribution in [-0.2, 0) is 6.42 Å². The number of hydrogen-bond donors (Lipinski definition) is 0. The number of nitrogens with zero attached hydrogens (tertiary/aromatic N) is 1. The third kappa shape index (κ3) is 3.46. The van der Waals surface area contributed by atoms with E-state index in [0.717, 1.165) is 24.3 Å². The molecule has 0 fully saturated rings. The molecule has 0 aliphatic heterocycles. The zero-order valence-corrected chi connectivity index (χ0v) is 10.5. The molecule has 0 N–H and O–H groups in total. The van der Waals surface area contributed by atoms with Crippen LogP contribution in [0.25, 0.3) is 11.3 Å². The normalized spacial score (nSPS) is 11.0. The Morgan fingerprint density at radius 3 is 2.71 bits per heavy atom. The summed E-state index contributed by atoms with van der Waals surface area (Å²) in [7, 11) is 4.22. The Bertz CT molecular complexity index is 446. The van der Waals surface area contributed by atoms with E-state index >= 15 is 0 Å². The molecule has 0 amide bonds. The Kier molecular flexibility index (Phi) is 3.99. The summed E-state index contributed by atoms with van der Waals surface area (Å²) in [6.45, 7) is 1.13. The first-order valence-electron chi connectivity index (χ1n) is 6.03. The summed E-state index contributed by atoms with van der Waals surface area (Å²) in [6.07, 6.45) is 4.02. The van der Waals surface area contributed by atoms with Gasteiger partial charge in [0.25, 0.3) is 0 Å². The predicted octanol–water partition coefficient (Wildman–Crippen LogP) is 3.44. The minimum atomic E-state index is 0.944. The van der Waals surface area contributed by atoms with Crippen LogP contribution in [0.3, 0.4) is 0 Å². The van der Waals surface area contributed by atoms with Crippen molar-refractivity contribution < 1.29 is 4.42 Å². The summed E-state index contributed by atoms with van der Waals surface area (Å²) in [6, 6.07) is 12.5. The number of benzene rings is 1. The molecule has 1 aromatic carbocycles. The highest BCUT2D eigenvalue weighted by molar-refractivity contribution is 5.58. The van der Waals surface area contributed by atoms with Gasteiger partial charge in [-0.2, -0.15) is 0 Å². The van der Waals surface area contributed by atoms with E-state index in [2.05, 4.69) is 43.3 Å². The lowest BCUT2D eigenvalue weighted by Crippen LogP contribution is -2.13. The standard InChI is InChI=1S/C15H19NO/c1-16(2)10-4-7-13-6-3-8-14(12-13)15-9-5-11-17-15/h3,5-6,8-9,11-12H,4,7,10H2,1-2H3. The van der Waals surface area contributed by atoms with Crippen LogP contribution in [0, 0.1) is 0 Å². The van der Waals surface area contributed by atoms with Crippen molar-refractivity contribution in [1.82, 2.24) is 4.90 Å². The Hall–Kier alpha value is -1.54. The predicted molar refractivity (Wildman–Crippen MR) is 71.0 cm³/mol. The fraction of sp³-hybridized carbons (Fsp3) is 0.333. The van der Waals surface area contributed by atoms with Gasteiger partial charge in [-0.3, -0.25) is 0 Å². The van der Waals surface area contributed by atoms with Crippen LogP contribution < -0.4 is 0 Å². The summed E-state index contributed by atoms with van der Waals surface area (Å²) in [5.41, 5.74) is 2.54. The van der Waals surface area contributed by atoms with E-state index in [0.29, 0.717) is 0 Å². The third-order valence-corrected chi connectivity index (χ3v) is 2.80. The quantitative estimate of drug-likeness (QED) is 0.781. The second-order valence-electron chi connectivity index (χ2n) is 4.58. The van der Waals surface area contributed by atoms with Gasteiger partial charge in [0.15, 0.2) is 0 Å². The molecule has 1 heterocycles. The molecule has 90 valence electrons. The molecule has 0 saturated carbocycles. The van der Waals surface area contributed by atoms with Gasteiger partial charge in [-0.05, 0) is 57.2 Å². The molecule has 0 radical (unpaired) electrons. The molecule has 2 nitrogen and oxygen atoms in total. The van der Waals surface area contributed by atoms with Gasteiger partial charge in [0.2, 0.25) is 0 Å². The fourth-order valence-electron chi connectivity index (χ4n) is 1.92. The Morgan fingerprint density at radius 1 is 1.12 bits per heavy atom. The average Bonchev–Trinajstić information content (AvgIpc) is 2.82. The number of furan rings is 1. The Labute approximate surface area is 103 Å². The maximum Gasteiger partial charge on any atom is 0.133 e. The van der Waals surface area contributed by atoms with Crippen molar-refractivity contribution in [3.8, 4) is 11.3 Å². The smallest absolute Gasteiger partial charge is 0.133 e. The largest absolute Gasteiger partial charge is 0.464 e. The van der Waals surface area contributed by atoms with Crippen LogP contribution >= 0.6 is 0 Å². The Balaban J connectivity index is 2.02. The summed E-state index contributed by atoms with van der Waals surface area (Å²) in [5.74, 6) is 0.944. The van der Waals surface area contributed by atoms with E-state index in [9.17, 15) is 0 Å². The Morgan fingerprint density at radius 2 is 2.00 bits per heavy atom. The monoisotopic (exact) mass is 229 g/mol. The molecule has 2 rings (SSSR count). The summed E-state index contributed by atoms with van der Waals surface area (Å²) >= 11 is 0. The lowest BCUT2D eigenvalue weighted by Gasteiger charge is -2.09. The molecule has 0 aliphatic rings. The van der Waals surface area contributed by atoms with Crippen molar-refractivity contribution in [2.75, 3.05) is 20.6 Å². The molecule has 0 spiro atoms. The van der Waals surface area contributed by atoms with Crippen LogP contribution in [0.5, 0.6) is 0 Å². The molecule has 0 saturated heterocycles. The summed E-state index contributed by atoms with van der Waals surface area (Å²) in [4.78, 5) is 2.22. The number of aryl methyl sites for hydroxylation is 1. The van der Waals surface area contributed by atoms with Crippen molar-refractivity contribution in [1.29, 1.82) is 0 Å². The van der Waals surface area contributed by atoms with Gasteiger partial charge in [-0.15, -0.1) is 0 Å². The van der Waals surface area contributed by atoms with E-state index in [1.807, 2.05) is 12.1 Å². The van der Waals surface area contributed by atoms with Crippen molar-refractivity contribution in [3.05, 3.63) is 48.2 Å². The van der Waals surface area contributed by atoms with Gasteiger partial charge >= 0.3 is 0 Å². The van der Waals surface area contributed by atoms with Gasteiger partial charge in [0, 0.05) is 5.56 Å². The molecular weight excluding hydrogens is 210 g/mol. The molecule has 2 heteroatoms. The molecule has 0 bridgehead atoms. The molecule has 1 aromatic heterocycles. The second-order valence-corrected chi connectivity index (χ2v) is 4.58. The van der Waals surface area contributed by atoms with Gasteiger partial charge < -0.3 is 9.32 Å². The summed E-state index contributed by atoms with van der Waals surface area (Å²) < 4.78 is 5.41. The molecular formula is C15H19NO. The first kappa shape index (κ1) is 11.9. The summed E-state index contributed by atoms with van der Waals surface area (Å²) in [5, 5.41) is 0. The first-order chi connectivity index (χ1) is 8.25. The van der Waals surface area contributed by atoms with Gasteiger partial charge in [-0.25, -0.2) is 0 Å². The molecule has 0 aliphatic carbocycles. The van der Waals surface area contributed by atoms with E-state index < -0.39 is 0 Å². The van der Waals surface area contributed by atoms with E-state index in [1.165, 1.54) is 12.0 Å². The second kappa shape index (κ2) is 5.69. The van der Waals surface area contributed by atoms with Crippen molar-refractivity contribution in [3.63, 3.8) is 0 Å². The topological polar surface area (TPSA) is 16.4 Å². The van der Waals surface area contributed by atoms with E-state index in [4.69, 9.17) is 4.42 Å². The van der Waals surface area contributed by atoms with Crippen molar-refractivity contribution >= 4 is 0 Å². The minimum absolute atomic E-state index is 0.944. The van der Waals surface area contributed by atoms with Gasteiger partial charge in [0.1, 0.15) is 5.76 Å². The highest BCUT2D eigenvalue weighted by Gasteiger charge is 2.01. The van der Waals surface area contributed by atoms with Gasteiger partial charge in [-0.1, -0.05) is 18.2 Å². The fourth-order valence-corrected chi connectivity index (χ4v) is 1.92. The average molecular weight is 229 g/mol. The van der Waals surface area contributed by atoms with Crippen LogP contribution in [-0.4, -0.2) is 25.5 Å². The molecule has 0 atom stereocenters. The van der Waals surface area contributed by atoms with Crippen LogP contribution in [0.2, 0.25) is 0 Å². The lowest BCUT2D eigenvalue weighted by molar-refractivity contribution is 0.400. The SMILES string of the molecule is CN(C)CCCc1cccc(-c2ccco2)c1. The van der Waals surface area contributed by atoms with Crippen molar-refractivity contribution in [2.45, 2.75) is 12.8 Å². The zero-order chi connectivity index (χ0) is 12.1. The van der Waals surface area contributed by atoms with Crippen LogP contribution in [0.4, 0.5) is 0 Å². The number of hydrogen-bond acceptors (Lipinski definition) is 2. The molecule has 2 aromatic rings. The lowest BCUT2D eigenvalue weighted by atomic mass is 10.1. The molecule has 17 heavy (non-hydrogen) atoms. The van der Waals surface area contributed by atoms with E-state index in [-0.39, 0.29) is 0 Å². The number of rotatable bonds is 5. The highest BCUT2D eigenvalue weighted by atomic mass is 16.3. The van der Waals surface area contributed by atoms with Crippen LogP contribution in [0.15, 0.2) is 47.1 Å². The maximum atomic E-state index is 5.41. The van der Waals surface area contributed by atoms with Crippen molar-refractivity contribution in [2.24, 2.45) is 0 Å². The van der Waals surface area contributed by atoms with Gasteiger partial charge in [0.05, 0.1) is 6.26 Å². The minimum Gasteiger partial charge on any atom is -0.464 e. The maximum absolute atomic E-state index is 5.41. The molecule has 0 unspecified atom stereocenters. The first-order valence-corrected chi connectivity index (χ1v) is 6.03. The zero-order valence-electron chi connectivity index (χ0n) is 10.5. The highest BCUT2D eigenvalue weighted by Crippen LogP contribution is 2.21. The van der Waals surface area contributed by atoms with Crippen LogP contribution in [0.1, 0.15) is 12.0 Å². The third-order valence-electron chi connectivity index (χ3n) is 2.80. The van der Waals surface area contributed by atoms with E-state index in [1.54, 1.807) is 6.26 Å².